The number of nitrogens with zero attached hydrogens (tertiary/aromatic N) is 1. The first-order valence-electron chi connectivity index (χ1n) is 14.0. The van der Waals surface area contributed by atoms with Crippen LogP contribution in [0, 0.1) is 11.8 Å². The third kappa shape index (κ3) is 10.3. The largest absolute Gasteiger partial charge is 0.460 e. The summed E-state index contributed by atoms with van der Waals surface area (Å²) < 4.78 is 11.3. The number of benzene rings is 1. The van der Waals surface area contributed by atoms with Crippen LogP contribution in [-0.4, -0.2) is 58.5 Å². The molecule has 10 heteroatoms. The number of hydrogen-bond donors (Lipinski definition) is 3. The Morgan fingerprint density at radius 2 is 1.83 bits per heavy atom. The van der Waals surface area contributed by atoms with E-state index in [1.807, 2.05) is 51.1 Å². The lowest BCUT2D eigenvalue weighted by atomic mass is 9.94. The standard InChI is InChI=1S/C32H39N3O7/c1-20(2)30-22(4)12-13-28(38)33-14-8-9-21(3)15-24(36)17-25(37)18-29-34-27(19-41-29)31(39)35-26(32(40)42-30)16-23-10-6-5-7-11-23/h5-13,15,19-20,22,24,26,30,36H,14,16-18H2,1-4H3,(H,33,38)(H,35,39)/b9-8+,13-12+,21-15+/t22-,24-,26-,30-/m1/s1. The Bertz CT molecular complexity index is 1330. The van der Waals surface area contributed by atoms with Crippen molar-refractivity contribution in [2.24, 2.45) is 11.8 Å². The van der Waals surface area contributed by atoms with Gasteiger partial charge in [-0.1, -0.05) is 81.0 Å². The lowest BCUT2D eigenvalue weighted by molar-refractivity contribution is -0.155. The number of allylic oxidation sites excluding steroid dienone is 2. The maximum absolute atomic E-state index is 13.5. The molecule has 0 saturated carbocycles. The highest BCUT2D eigenvalue weighted by atomic mass is 16.5. The van der Waals surface area contributed by atoms with E-state index < -0.39 is 30.1 Å². The summed E-state index contributed by atoms with van der Waals surface area (Å²) in [5.74, 6) is -2.29. The van der Waals surface area contributed by atoms with Crippen LogP contribution in [0.25, 0.3) is 0 Å². The van der Waals surface area contributed by atoms with Crippen LogP contribution in [0.1, 0.15) is 56.1 Å². The fourth-order valence-corrected chi connectivity index (χ4v) is 4.54. The summed E-state index contributed by atoms with van der Waals surface area (Å²) in [5, 5.41) is 15.7. The number of carbonyl (C=O) groups is 4. The number of amides is 2. The van der Waals surface area contributed by atoms with Crippen molar-refractivity contribution < 1.29 is 33.4 Å². The number of hydrogen-bond acceptors (Lipinski definition) is 8. The van der Waals surface area contributed by atoms with Gasteiger partial charge in [-0.2, -0.15) is 0 Å². The number of esters is 1. The van der Waals surface area contributed by atoms with Crippen LogP contribution in [0.2, 0.25) is 0 Å². The van der Waals surface area contributed by atoms with Crippen molar-refractivity contribution in [1.82, 2.24) is 15.6 Å². The summed E-state index contributed by atoms with van der Waals surface area (Å²) in [7, 11) is 0. The van der Waals surface area contributed by atoms with Gasteiger partial charge in [-0.3, -0.25) is 14.4 Å². The lowest BCUT2D eigenvalue weighted by Gasteiger charge is -2.28. The van der Waals surface area contributed by atoms with E-state index in [0.717, 1.165) is 11.8 Å². The molecule has 0 unspecified atom stereocenters. The third-order valence-corrected chi connectivity index (χ3v) is 6.65. The summed E-state index contributed by atoms with van der Waals surface area (Å²) in [5.41, 5.74) is 1.44. The number of oxazole rings is 1. The predicted octanol–water partition coefficient (Wildman–Crippen LogP) is 3.27. The van der Waals surface area contributed by atoms with E-state index in [1.54, 1.807) is 25.2 Å². The summed E-state index contributed by atoms with van der Waals surface area (Å²) in [4.78, 5) is 55.6. The zero-order valence-corrected chi connectivity index (χ0v) is 24.4. The highest BCUT2D eigenvalue weighted by Crippen LogP contribution is 2.20. The van der Waals surface area contributed by atoms with Gasteiger partial charge in [-0.05, 0) is 24.5 Å². The second-order valence-corrected chi connectivity index (χ2v) is 10.8. The van der Waals surface area contributed by atoms with Crippen molar-refractivity contribution in [3.05, 3.63) is 89.7 Å². The normalized spacial score (nSPS) is 26.4. The molecule has 0 spiro atoms. The van der Waals surface area contributed by atoms with E-state index in [2.05, 4.69) is 15.6 Å². The highest BCUT2D eigenvalue weighted by molar-refractivity contribution is 5.95. The molecule has 1 aliphatic heterocycles. The molecule has 1 aromatic heterocycles. The summed E-state index contributed by atoms with van der Waals surface area (Å²) in [6, 6.07) is 8.16. The van der Waals surface area contributed by atoms with Crippen LogP contribution in [0.3, 0.4) is 0 Å². The van der Waals surface area contributed by atoms with Gasteiger partial charge >= 0.3 is 5.97 Å². The fraction of sp³-hybridized carbons (Fsp3) is 0.406. The Balaban J connectivity index is 1.90. The van der Waals surface area contributed by atoms with E-state index in [-0.39, 0.29) is 60.9 Å². The maximum atomic E-state index is 13.5. The molecule has 224 valence electrons. The number of Topliss-reactive ketones (excluding diaryl/α,β-unsaturated/α-hetero) is 1. The van der Waals surface area contributed by atoms with Gasteiger partial charge in [0.2, 0.25) is 11.8 Å². The minimum atomic E-state index is -1.04. The Labute approximate surface area is 245 Å². The fourth-order valence-electron chi connectivity index (χ4n) is 4.54. The second-order valence-electron chi connectivity index (χ2n) is 10.8. The summed E-state index contributed by atoms with van der Waals surface area (Å²) >= 11 is 0. The number of fused-ring (bicyclic) bond motifs is 2. The van der Waals surface area contributed by atoms with Crippen molar-refractivity contribution >= 4 is 23.6 Å². The molecule has 2 bridgehead atoms. The molecular weight excluding hydrogens is 538 g/mol. The van der Waals surface area contributed by atoms with E-state index in [0.29, 0.717) is 5.57 Å². The van der Waals surface area contributed by atoms with Gasteiger partial charge < -0.3 is 24.9 Å². The smallest absolute Gasteiger partial charge is 0.329 e. The van der Waals surface area contributed by atoms with Crippen LogP contribution in [0.5, 0.6) is 0 Å². The molecule has 42 heavy (non-hydrogen) atoms. The topological polar surface area (TPSA) is 148 Å². The molecule has 0 radical (unpaired) electrons. The van der Waals surface area contributed by atoms with Crippen molar-refractivity contribution in [2.75, 3.05) is 6.54 Å². The number of aliphatic hydroxyl groups is 1. The zero-order chi connectivity index (χ0) is 30.6. The van der Waals surface area contributed by atoms with Gasteiger partial charge in [0.15, 0.2) is 5.69 Å². The quantitative estimate of drug-likeness (QED) is 0.471. The monoisotopic (exact) mass is 577 g/mol. The molecule has 2 heterocycles. The first-order valence-corrected chi connectivity index (χ1v) is 14.0. The number of nitrogens with one attached hydrogen (secondary N) is 2. The molecular formula is C32H39N3O7. The van der Waals surface area contributed by atoms with Gasteiger partial charge in [-0.25, -0.2) is 9.78 Å². The van der Waals surface area contributed by atoms with E-state index in [4.69, 9.17) is 9.15 Å². The number of cyclic esters (lactones) is 1. The molecule has 0 saturated heterocycles. The van der Waals surface area contributed by atoms with Gasteiger partial charge in [0, 0.05) is 25.3 Å². The van der Waals surface area contributed by atoms with Crippen LogP contribution in [0.15, 0.2) is 77.0 Å². The van der Waals surface area contributed by atoms with Crippen molar-refractivity contribution in [3.8, 4) is 0 Å². The predicted molar refractivity (Wildman–Crippen MR) is 156 cm³/mol. The number of aliphatic hydroxyl groups excluding tert-OH is 1. The van der Waals surface area contributed by atoms with Gasteiger partial charge in [0.25, 0.3) is 5.91 Å². The molecule has 3 rings (SSSR count). The Morgan fingerprint density at radius 3 is 2.55 bits per heavy atom. The van der Waals surface area contributed by atoms with Crippen molar-refractivity contribution in [2.45, 2.75) is 65.2 Å². The molecule has 3 N–H and O–H groups in total. The first kappa shape index (κ1) is 32.2. The van der Waals surface area contributed by atoms with E-state index >= 15 is 0 Å². The summed E-state index contributed by atoms with van der Waals surface area (Å²) in [6.07, 6.45) is 7.41. The van der Waals surface area contributed by atoms with Gasteiger partial charge in [0.05, 0.1) is 12.5 Å². The number of aromatic nitrogens is 1. The molecule has 2 aromatic rings. The summed E-state index contributed by atoms with van der Waals surface area (Å²) in [6.45, 7) is 7.71. The van der Waals surface area contributed by atoms with Crippen LogP contribution in [0.4, 0.5) is 0 Å². The molecule has 4 atom stereocenters. The van der Waals surface area contributed by atoms with Crippen LogP contribution in [-0.2, 0) is 32.0 Å². The zero-order valence-electron chi connectivity index (χ0n) is 24.4. The Hall–Kier alpha value is -4.31. The number of ketones is 1. The maximum Gasteiger partial charge on any atom is 0.329 e. The van der Waals surface area contributed by atoms with Crippen LogP contribution < -0.4 is 10.6 Å². The number of rotatable bonds is 3. The van der Waals surface area contributed by atoms with E-state index in [1.165, 1.54) is 12.2 Å². The van der Waals surface area contributed by atoms with Gasteiger partial charge in [0.1, 0.15) is 24.2 Å². The van der Waals surface area contributed by atoms with Gasteiger partial charge in [-0.15, -0.1) is 0 Å². The number of carbonyl (C=O) groups excluding carboxylic acids is 4. The Morgan fingerprint density at radius 1 is 1.10 bits per heavy atom. The van der Waals surface area contributed by atoms with Crippen LogP contribution >= 0.6 is 0 Å². The van der Waals surface area contributed by atoms with E-state index in [9.17, 15) is 24.3 Å². The minimum Gasteiger partial charge on any atom is -0.460 e. The average Bonchev–Trinajstić information content (AvgIpc) is 3.40. The van der Waals surface area contributed by atoms with Crippen molar-refractivity contribution in [1.29, 1.82) is 0 Å². The molecule has 10 nitrogen and oxygen atoms in total. The first-order chi connectivity index (χ1) is 20.0. The molecule has 0 aliphatic carbocycles. The second kappa shape index (κ2) is 15.6. The van der Waals surface area contributed by atoms with Crippen molar-refractivity contribution in [3.63, 3.8) is 0 Å². The highest BCUT2D eigenvalue weighted by Gasteiger charge is 2.30. The lowest BCUT2D eigenvalue weighted by Crippen LogP contribution is -2.46. The average molecular weight is 578 g/mol. The Kier molecular flexibility index (Phi) is 12.0. The molecule has 0 fully saturated rings. The molecule has 1 aliphatic rings. The SMILES string of the molecule is CC1=C\[C@@H](O)CC(=O)Cc2nc(co2)C(=O)N[C@H](Cc2ccccc2)C(=O)O[C@H](C(C)C)[C@H](C)/C=C/C(=O)NC\C=C\1. The third-order valence-electron chi connectivity index (χ3n) is 6.65. The minimum absolute atomic E-state index is 0.0229. The molecule has 1 aromatic carbocycles. The molecule has 2 amide bonds. The number of ether oxygens (including phenoxy) is 1.